The average molecular weight is 490 g/mol. The van der Waals surface area contributed by atoms with Crippen molar-refractivity contribution in [2.45, 2.75) is 38.6 Å². The lowest BCUT2D eigenvalue weighted by Crippen LogP contribution is -2.30. The minimum absolute atomic E-state index is 0.0895. The van der Waals surface area contributed by atoms with Crippen LogP contribution in [0.25, 0.3) is 0 Å². The van der Waals surface area contributed by atoms with Crippen LogP contribution in [0.15, 0.2) is 53.9 Å². The molecule has 0 fully saturated rings. The molecule has 1 unspecified atom stereocenters. The number of rotatable bonds is 11. The first kappa shape index (κ1) is 24.7. The number of carbonyl (C=O) groups excluding carboxylic acids is 1. The maximum absolute atomic E-state index is 12.8. The van der Waals surface area contributed by atoms with Gasteiger partial charge >= 0.3 is 10.3 Å². The molecule has 0 saturated heterocycles. The molecule has 1 heterocycles. The zero-order chi connectivity index (χ0) is 23.8. The van der Waals surface area contributed by atoms with Gasteiger partial charge in [0.25, 0.3) is 0 Å². The summed E-state index contributed by atoms with van der Waals surface area (Å²) in [4.78, 5) is 17.5. The third kappa shape index (κ3) is 7.55. The van der Waals surface area contributed by atoms with Gasteiger partial charge in [-0.1, -0.05) is 37.3 Å². The molecule has 3 aromatic rings. The summed E-state index contributed by atoms with van der Waals surface area (Å²) in [6.07, 6.45) is 2.17. The third-order valence-electron chi connectivity index (χ3n) is 4.95. The Hall–Kier alpha value is -2.95. The molecule has 0 radical (unpaired) electrons. The second-order valence-corrected chi connectivity index (χ2v) is 9.43. The SMILES string of the molecule is CCc1csc(C(Cc2ccc(OS(N)(=O)=O)cc2)NC(=O)CCc2ccccc2OC)n1. The average Bonchev–Trinajstić information content (AvgIpc) is 3.27. The van der Waals surface area contributed by atoms with Gasteiger partial charge in [-0.2, -0.15) is 13.6 Å². The molecule has 0 aliphatic carbocycles. The summed E-state index contributed by atoms with van der Waals surface area (Å²) in [6.45, 7) is 2.03. The number of hydrogen-bond acceptors (Lipinski definition) is 7. The first-order chi connectivity index (χ1) is 15.8. The van der Waals surface area contributed by atoms with Crippen molar-refractivity contribution in [3.05, 3.63) is 75.7 Å². The number of carbonyl (C=O) groups is 1. The fourth-order valence-corrected chi connectivity index (χ4v) is 4.65. The predicted molar refractivity (Wildman–Crippen MR) is 128 cm³/mol. The summed E-state index contributed by atoms with van der Waals surface area (Å²) >= 11 is 1.51. The van der Waals surface area contributed by atoms with Gasteiger partial charge in [0, 0.05) is 11.8 Å². The predicted octanol–water partition coefficient (Wildman–Crippen LogP) is 3.33. The molecular formula is C23H27N3O5S2. The van der Waals surface area contributed by atoms with Gasteiger partial charge < -0.3 is 14.2 Å². The van der Waals surface area contributed by atoms with Crippen molar-refractivity contribution in [3.63, 3.8) is 0 Å². The monoisotopic (exact) mass is 489 g/mol. The Labute approximate surface area is 198 Å². The van der Waals surface area contributed by atoms with E-state index in [1.165, 1.54) is 23.5 Å². The van der Waals surface area contributed by atoms with Gasteiger partial charge in [0.1, 0.15) is 16.5 Å². The molecule has 2 aromatic carbocycles. The number of hydrogen-bond donors (Lipinski definition) is 2. The number of methoxy groups -OCH3 is 1. The molecule has 0 aliphatic rings. The molecule has 10 heteroatoms. The lowest BCUT2D eigenvalue weighted by molar-refractivity contribution is -0.121. The fraction of sp³-hybridized carbons (Fsp3) is 0.304. The highest BCUT2D eigenvalue weighted by Crippen LogP contribution is 2.25. The number of nitrogens with zero attached hydrogens (tertiary/aromatic N) is 1. The highest BCUT2D eigenvalue weighted by atomic mass is 32.2. The van der Waals surface area contributed by atoms with Crippen molar-refractivity contribution >= 4 is 27.5 Å². The number of ether oxygens (including phenoxy) is 1. The first-order valence-electron chi connectivity index (χ1n) is 10.4. The lowest BCUT2D eigenvalue weighted by atomic mass is 10.0. The lowest BCUT2D eigenvalue weighted by Gasteiger charge is -2.17. The number of aryl methyl sites for hydroxylation is 2. The molecule has 0 bridgehead atoms. The van der Waals surface area contributed by atoms with Gasteiger partial charge in [-0.3, -0.25) is 4.79 Å². The van der Waals surface area contributed by atoms with Crippen molar-refractivity contribution in [2.24, 2.45) is 5.14 Å². The number of aromatic nitrogens is 1. The number of para-hydroxylation sites is 1. The van der Waals surface area contributed by atoms with Crippen molar-refractivity contribution in [1.82, 2.24) is 10.3 Å². The van der Waals surface area contributed by atoms with Crippen LogP contribution in [0, 0.1) is 0 Å². The molecular weight excluding hydrogens is 462 g/mol. The Kier molecular flexibility index (Phi) is 8.43. The third-order valence-corrected chi connectivity index (χ3v) is 6.39. The summed E-state index contributed by atoms with van der Waals surface area (Å²) < 4.78 is 32.2. The van der Waals surface area contributed by atoms with Gasteiger partial charge in [-0.05, 0) is 48.6 Å². The second kappa shape index (κ2) is 11.3. The van der Waals surface area contributed by atoms with Crippen LogP contribution in [0.4, 0.5) is 0 Å². The van der Waals surface area contributed by atoms with Crippen LogP contribution >= 0.6 is 11.3 Å². The summed E-state index contributed by atoms with van der Waals surface area (Å²) in [5.41, 5.74) is 2.83. The van der Waals surface area contributed by atoms with E-state index in [0.717, 1.165) is 34.0 Å². The van der Waals surface area contributed by atoms with Crippen molar-refractivity contribution in [2.75, 3.05) is 7.11 Å². The van der Waals surface area contributed by atoms with Crippen LogP contribution in [-0.2, 0) is 34.4 Å². The normalized spacial score (nSPS) is 12.2. The van der Waals surface area contributed by atoms with E-state index in [1.54, 1.807) is 19.2 Å². The van der Waals surface area contributed by atoms with Crippen LogP contribution in [0.1, 0.15) is 41.2 Å². The van der Waals surface area contributed by atoms with Crippen LogP contribution in [-0.4, -0.2) is 26.4 Å². The highest BCUT2D eigenvalue weighted by molar-refractivity contribution is 7.84. The van der Waals surface area contributed by atoms with Gasteiger partial charge in [-0.25, -0.2) is 4.98 Å². The molecule has 3 N–H and O–H groups in total. The van der Waals surface area contributed by atoms with Gasteiger partial charge in [0.2, 0.25) is 5.91 Å². The summed E-state index contributed by atoms with van der Waals surface area (Å²) in [6, 6.07) is 13.9. The smallest absolute Gasteiger partial charge is 0.380 e. The molecule has 3 rings (SSSR count). The molecule has 0 saturated carbocycles. The minimum Gasteiger partial charge on any atom is -0.496 e. The Morgan fingerprint density at radius 2 is 1.91 bits per heavy atom. The van der Waals surface area contributed by atoms with E-state index >= 15 is 0 Å². The van der Waals surface area contributed by atoms with E-state index in [9.17, 15) is 13.2 Å². The zero-order valence-corrected chi connectivity index (χ0v) is 20.1. The number of nitrogens with one attached hydrogen (secondary N) is 1. The molecule has 33 heavy (non-hydrogen) atoms. The van der Waals surface area contributed by atoms with Crippen molar-refractivity contribution in [3.8, 4) is 11.5 Å². The standard InChI is InChI=1S/C23H27N3O5S2/c1-3-18-15-32-23(25-18)20(14-16-8-11-19(12-9-16)31-33(24,28)29)26-22(27)13-10-17-6-4-5-7-21(17)30-2/h4-9,11-12,15,20H,3,10,13-14H2,1-2H3,(H,26,27)(H2,24,28,29). The Bertz CT molecular complexity index is 1180. The molecule has 176 valence electrons. The van der Waals surface area contributed by atoms with Gasteiger partial charge in [0.05, 0.1) is 18.8 Å². The van der Waals surface area contributed by atoms with Crippen LogP contribution in [0.2, 0.25) is 0 Å². The van der Waals surface area contributed by atoms with Crippen LogP contribution in [0.3, 0.4) is 0 Å². The van der Waals surface area contributed by atoms with Crippen molar-refractivity contribution < 1.29 is 22.1 Å². The fourth-order valence-electron chi connectivity index (χ4n) is 3.32. The zero-order valence-electron chi connectivity index (χ0n) is 18.5. The maximum atomic E-state index is 12.8. The van der Waals surface area contributed by atoms with E-state index in [0.29, 0.717) is 19.3 Å². The number of benzene rings is 2. The molecule has 1 amide bonds. The highest BCUT2D eigenvalue weighted by Gasteiger charge is 2.19. The molecule has 1 atom stereocenters. The van der Waals surface area contributed by atoms with Crippen LogP contribution < -0.4 is 19.4 Å². The Balaban J connectivity index is 1.71. The van der Waals surface area contributed by atoms with E-state index in [-0.39, 0.29) is 17.7 Å². The Morgan fingerprint density at radius 3 is 2.55 bits per heavy atom. The maximum Gasteiger partial charge on any atom is 0.380 e. The molecule has 1 aromatic heterocycles. The molecule has 8 nitrogen and oxygen atoms in total. The molecule has 0 aliphatic heterocycles. The van der Waals surface area contributed by atoms with E-state index in [1.807, 2.05) is 36.6 Å². The second-order valence-electron chi connectivity index (χ2n) is 7.39. The summed E-state index contributed by atoms with van der Waals surface area (Å²) in [5, 5.41) is 10.8. The van der Waals surface area contributed by atoms with Gasteiger partial charge in [-0.15, -0.1) is 11.3 Å². The van der Waals surface area contributed by atoms with E-state index in [4.69, 9.17) is 9.88 Å². The number of thiazole rings is 1. The van der Waals surface area contributed by atoms with Crippen molar-refractivity contribution in [1.29, 1.82) is 0 Å². The van der Waals surface area contributed by atoms with E-state index < -0.39 is 10.3 Å². The topological polar surface area (TPSA) is 121 Å². The van der Waals surface area contributed by atoms with Crippen LogP contribution in [0.5, 0.6) is 11.5 Å². The number of nitrogens with two attached hydrogens (primary N) is 1. The largest absolute Gasteiger partial charge is 0.496 e. The summed E-state index contributed by atoms with van der Waals surface area (Å²) in [5.74, 6) is 0.797. The number of amides is 1. The Morgan fingerprint density at radius 1 is 1.18 bits per heavy atom. The summed E-state index contributed by atoms with van der Waals surface area (Å²) in [7, 11) is -2.47. The minimum atomic E-state index is -4.08. The quantitative estimate of drug-likeness (QED) is 0.426. The molecule has 0 spiro atoms. The van der Waals surface area contributed by atoms with Gasteiger partial charge in [0.15, 0.2) is 0 Å². The first-order valence-corrected chi connectivity index (χ1v) is 12.8. The van der Waals surface area contributed by atoms with E-state index in [2.05, 4.69) is 14.5 Å².